The highest BCUT2D eigenvalue weighted by Crippen LogP contribution is 2.18. The predicted molar refractivity (Wildman–Crippen MR) is 68.5 cm³/mol. The third kappa shape index (κ3) is 2.80. The van der Waals surface area contributed by atoms with Crippen LogP contribution in [-0.2, 0) is 6.42 Å². The first-order valence-electron chi connectivity index (χ1n) is 5.40. The Bertz CT molecular complexity index is 582. The van der Waals surface area contributed by atoms with Gasteiger partial charge in [-0.05, 0) is 25.5 Å². The highest BCUT2D eigenvalue weighted by atomic mass is 32.1. The molecule has 0 aliphatic carbocycles. The van der Waals surface area contributed by atoms with Crippen LogP contribution in [0.25, 0.3) is 0 Å². The van der Waals surface area contributed by atoms with E-state index in [-0.39, 0.29) is 5.56 Å². The summed E-state index contributed by atoms with van der Waals surface area (Å²) >= 11 is 1.21. The fourth-order valence-electron chi connectivity index (χ4n) is 1.41. The number of aromatic carboxylic acids is 1. The lowest BCUT2D eigenvalue weighted by molar-refractivity contribution is 0.0696. The zero-order chi connectivity index (χ0) is 13.1. The van der Waals surface area contributed by atoms with Gasteiger partial charge >= 0.3 is 5.97 Å². The second-order valence-corrected chi connectivity index (χ2v) is 4.41. The summed E-state index contributed by atoms with van der Waals surface area (Å²) in [6, 6.07) is 3.05. The summed E-state index contributed by atoms with van der Waals surface area (Å²) in [7, 11) is 0. The zero-order valence-corrected chi connectivity index (χ0v) is 10.8. The van der Waals surface area contributed by atoms with Crippen LogP contribution < -0.4 is 5.32 Å². The Morgan fingerprint density at radius 2 is 2.22 bits per heavy atom. The van der Waals surface area contributed by atoms with Gasteiger partial charge in [0.25, 0.3) is 0 Å². The van der Waals surface area contributed by atoms with Gasteiger partial charge in [-0.1, -0.05) is 6.92 Å². The van der Waals surface area contributed by atoms with E-state index >= 15 is 0 Å². The number of carboxylic acids is 1. The highest BCUT2D eigenvalue weighted by Gasteiger charge is 2.09. The number of hydrogen-bond donors (Lipinski definition) is 2. The fourth-order valence-corrected chi connectivity index (χ4v) is 2.00. The number of carbonyl (C=O) groups is 1. The molecule has 18 heavy (non-hydrogen) atoms. The van der Waals surface area contributed by atoms with Gasteiger partial charge < -0.3 is 10.4 Å². The van der Waals surface area contributed by atoms with Gasteiger partial charge in [0.15, 0.2) is 0 Å². The third-order valence-electron chi connectivity index (χ3n) is 2.25. The molecule has 0 amide bonds. The zero-order valence-electron chi connectivity index (χ0n) is 9.97. The average molecular weight is 264 g/mol. The molecule has 2 N–H and O–H groups in total. The topological polar surface area (TPSA) is 88.0 Å². The SMILES string of the molecule is CCc1cc(C(=O)O)cc(Nc2nc(C)ns2)n1. The van der Waals surface area contributed by atoms with Crippen molar-refractivity contribution in [1.29, 1.82) is 0 Å². The van der Waals surface area contributed by atoms with Crippen molar-refractivity contribution < 1.29 is 9.90 Å². The number of aryl methyl sites for hydroxylation is 2. The quantitative estimate of drug-likeness (QED) is 0.880. The molecule has 0 atom stereocenters. The van der Waals surface area contributed by atoms with Gasteiger partial charge in [-0.15, -0.1) is 0 Å². The first kappa shape index (κ1) is 12.4. The molecule has 0 aliphatic heterocycles. The maximum atomic E-state index is 11.0. The Kier molecular flexibility index (Phi) is 3.52. The van der Waals surface area contributed by atoms with E-state index in [0.717, 1.165) is 5.69 Å². The standard InChI is InChI=1S/C11H12N4O2S/c1-3-8-4-7(10(16)17)5-9(13-8)14-11-12-6(2)15-18-11/h4-5H,3H2,1-2H3,(H,16,17)(H,12,13,14,15). The molecule has 0 saturated carbocycles. The second kappa shape index (κ2) is 5.09. The van der Waals surface area contributed by atoms with E-state index in [0.29, 0.717) is 23.2 Å². The Hall–Kier alpha value is -2.02. The maximum absolute atomic E-state index is 11.0. The van der Waals surface area contributed by atoms with Crippen LogP contribution in [0.2, 0.25) is 0 Å². The minimum absolute atomic E-state index is 0.214. The van der Waals surface area contributed by atoms with E-state index in [2.05, 4.69) is 19.7 Å². The number of hydrogen-bond acceptors (Lipinski definition) is 6. The van der Waals surface area contributed by atoms with Gasteiger partial charge in [0, 0.05) is 17.2 Å². The number of anilines is 2. The summed E-state index contributed by atoms with van der Waals surface area (Å²) < 4.78 is 4.04. The monoisotopic (exact) mass is 264 g/mol. The number of nitrogens with zero attached hydrogens (tertiary/aromatic N) is 3. The molecule has 94 valence electrons. The molecule has 7 heteroatoms. The van der Waals surface area contributed by atoms with E-state index in [1.54, 1.807) is 13.0 Å². The van der Waals surface area contributed by atoms with Crippen molar-refractivity contribution in [2.24, 2.45) is 0 Å². The molecule has 0 radical (unpaired) electrons. The largest absolute Gasteiger partial charge is 0.478 e. The van der Waals surface area contributed by atoms with Gasteiger partial charge in [0.2, 0.25) is 5.13 Å². The Morgan fingerprint density at radius 3 is 2.78 bits per heavy atom. The van der Waals surface area contributed by atoms with Crippen LogP contribution in [0, 0.1) is 6.92 Å². The molecular weight excluding hydrogens is 252 g/mol. The van der Waals surface area contributed by atoms with Crippen LogP contribution in [0.3, 0.4) is 0 Å². The molecule has 2 heterocycles. The fraction of sp³-hybridized carbons (Fsp3) is 0.273. The van der Waals surface area contributed by atoms with Crippen molar-refractivity contribution in [1.82, 2.24) is 14.3 Å². The number of carboxylic acid groups (broad SMARTS) is 1. The lowest BCUT2D eigenvalue weighted by Gasteiger charge is -2.05. The summed E-state index contributed by atoms with van der Waals surface area (Å²) in [5.41, 5.74) is 0.934. The van der Waals surface area contributed by atoms with E-state index in [9.17, 15) is 4.79 Å². The average Bonchev–Trinajstić information content (AvgIpc) is 2.74. The molecule has 0 aromatic carbocycles. The van der Waals surface area contributed by atoms with E-state index in [4.69, 9.17) is 5.11 Å². The molecule has 2 aromatic rings. The summed E-state index contributed by atoms with van der Waals surface area (Å²) in [4.78, 5) is 19.4. The molecule has 0 fully saturated rings. The van der Waals surface area contributed by atoms with Crippen molar-refractivity contribution in [3.8, 4) is 0 Å². The maximum Gasteiger partial charge on any atom is 0.335 e. The van der Waals surface area contributed by atoms with Gasteiger partial charge in [0.1, 0.15) is 11.6 Å². The van der Waals surface area contributed by atoms with E-state index in [1.165, 1.54) is 17.6 Å². The number of nitrogens with one attached hydrogen (secondary N) is 1. The summed E-state index contributed by atoms with van der Waals surface area (Å²) in [6.07, 6.45) is 0.672. The van der Waals surface area contributed by atoms with Crippen molar-refractivity contribution in [3.63, 3.8) is 0 Å². The molecule has 0 spiro atoms. The number of rotatable bonds is 4. The molecule has 2 rings (SSSR count). The Balaban J connectivity index is 2.32. The third-order valence-corrected chi connectivity index (χ3v) is 2.97. The van der Waals surface area contributed by atoms with Crippen molar-refractivity contribution >= 4 is 28.5 Å². The molecule has 6 nitrogen and oxygen atoms in total. The van der Waals surface area contributed by atoms with Crippen LogP contribution in [0.15, 0.2) is 12.1 Å². The van der Waals surface area contributed by atoms with Crippen molar-refractivity contribution in [2.45, 2.75) is 20.3 Å². The highest BCUT2D eigenvalue weighted by molar-refractivity contribution is 7.09. The summed E-state index contributed by atoms with van der Waals surface area (Å²) in [5, 5.41) is 12.6. The Morgan fingerprint density at radius 1 is 1.44 bits per heavy atom. The molecule has 0 bridgehead atoms. The lowest BCUT2D eigenvalue weighted by atomic mass is 10.2. The normalized spacial score (nSPS) is 10.3. The minimum atomic E-state index is -0.969. The summed E-state index contributed by atoms with van der Waals surface area (Å²) in [5.74, 6) is 0.180. The van der Waals surface area contributed by atoms with Crippen LogP contribution >= 0.6 is 11.5 Å². The van der Waals surface area contributed by atoms with Crippen LogP contribution in [0.4, 0.5) is 10.9 Å². The predicted octanol–water partition coefficient (Wildman–Crippen LogP) is 2.25. The lowest BCUT2D eigenvalue weighted by Crippen LogP contribution is -2.03. The number of pyridine rings is 1. The van der Waals surface area contributed by atoms with E-state index < -0.39 is 5.97 Å². The molecule has 2 aromatic heterocycles. The van der Waals surface area contributed by atoms with Crippen LogP contribution in [0.5, 0.6) is 0 Å². The van der Waals surface area contributed by atoms with Crippen molar-refractivity contribution in [3.05, 3.63) is 29.2 Å². The second-order valence-electron chi connectivity index (χ2n) is 3.66. The molecule has 0 unspecified atom stereocenters. The summed E-state index contributed by atoms with van der Waals surface area (Å²) in [6.45, 7) is 3.72. The minimum Gasteiger partial charge on any atom is -0.478 e. The van der Waals surface area contributed by atoms with Gasteiger partial charge in [0.05, 0.1) is 5.56 Å². The molecular formula is C11H12N4O2S. The smallest absolute Gasteiger partial charge is 0.335 e. The Labute approximate surface area is 108 Å². The first-order valence-corrected chi connectivity index (χ1v) is 6.17. The van der Waals surface area contributed by atoms with Crippen LogP contribution in [-0.4, -0.2) is 25.4 Å². The van der Waals surface area contributed by atoms with Crippen LogP contribution in [0.1, 0.15) is 28.8 Å². The van der Waals surface area contributed by atoms with Gasteiger partial charge in [-0.25, -0.2) is 14.8 Å². The van der Waals surface area contributed by atoms with Crippen molar-refractivity contribution in [2.75, 3.05) is 5.32 Å². The molecule has 0 saturated heterocycles. The van der Waals surface area contributed by atoms with E-state index in [1.807, 2.05) is 6.92 Å². The molecule has 0 aliphatic rings. The van der Waals surface area contributed by atoms with Gasteiger partial charge in [-0.2, -0.15) is 4.37 Å². The van der Waals surface area contributed by atoms with Gasteiger partial charge in [-0.3, -0.25) is 0 Å². The number of aromatic nitrogens is 3. The first-order chi connectivity index (χ1) is 8.58.